The number of rotatable bonds is 11. The Kier molecular flexibility index (Phi) is 12.0. The van der Waals surface area contributed by atoms with Gasteiger partial charge in [0, 0.05) is 38.1 Å². The fourth-order valence-corrected chi connectivity index (χ4v) is 4.98. The van der Waals surface area contributed by atoms with Gasteiger partial charge in [-0.3, -0.25) is 9.59 Å². The third kappa shape index (κ3) is 8.82. The number of carbonyl (C=O) groups is 3. The van der Waals surface area contributed by atoms with Gasteiger partial charge >= 0.3 is 6.03 Å². The molecule has 0 aromatic heterocycles. The minimum atomic E-state index is -0.493. The van der Waals surface area contributed by atoms with Crippen LogP contribution in [0.3, 0.4) is 0 Å². The zero-order valence-electron chi connectivity index (χ0n) is 21.5. The highest BCUT2D eigenvalue weighted by atomic mass is 16.2. The molecule has 1 saturated carbocycles. The van der Waals surface area contributed by atoms with Crippen molar-refractivity contribution < 1.29 is 14.4 Å². The zero-order valence-corrected chi connectivity index (χ0v) is 21.5. The van der Waals surface area contributed by atoms with Gasteiger partial charge in [-0.1, -0.05) is 72.1 Å². The molecule has 2 N–H and O–H groups in total. The fourth-order valence-electron chi connectivity index (χ4n) is 4.98. The van der Waals surface area contributed by atoms with E-state index in [0.29, 0.717) is 26.1 Å². The van der Waals surface area contributed by atoms with Gasteiger partial charge in [0.25, 0.3) is 0 Å². The number of hydrogen-bond donors (Lipinski definition) is 2. The average molecular weight is 465 g/mol. The maximum Gasteiger partial charge on any atom is 0.317 e. The van der Waals surface area contributed by atoms with Gasteiger partial charge in [-0.25, -0.2) is 4.79 Å². The molecule has 0 aromatic carbocycles. The van der Waals surface area contributed by atoms with Gasteiger partial charge in [0.05, 0.1) is 0 Å². The van der Waals surface area contributed by atoms with Crippen LogP contribution in [0.1, 0.15) is 105 Å². The van der Waals surface area contributed by atoms with Crippen LogP contribution in [0.15, 0.2) is 0 Å². The van der Waals surface area contributed by atoms with Crippen LogP contribution in [0, 0.1) is 5.92 Å². The van der Waals surface area contributed by atoms with Crippen LogP contribution in [-0.4, -0.2) is 65.4 Å². The van der Waals surface area contributed by atoms with Crippen molar-refractivity contribution in [2.24, 2.45) is 5.92 Å². The monoisotopic (exact) mass is 464 g/mol. The molecule has 1 saturated heterocycles. The molecule has 1 heterocycles. The number of nitrogens with one attached hydrogen (secondary N) is 2. The second-order valence-corrected chi connectivity index (χ2v) is 10.2. The molecule has 0 aromatic rings. The summed E-state index contributed by atoms with van der Waals surface area (Å²) in [5.74, 6) is 0.0380. The summed E-state index contributed by atoms with van der Waals surface area (Å²) in [7, 11) is 0. The molecule has 2 rings (SSSR count). The highest BCUT2D eigenvalue weighted by molar-refractivity contribution is 5.88. The topological polar surface area (TPSA) is 81.8 Å². The Balaban J connectivity index is 1.86. The van der Waals surface area contributed by atoms with Crippen LogP contribution >= 0.6 is 0 Å². The maximum atomic E-state index is 13.4. The Hall–Kier alpha value is -1.79. The van der Waals surface area contributed by atoms with E-state index < -0.39 is 6.04 Å². The first-order valence-electron chi connectivity index (χ1n) is 13.5. The van der Waals surface area contributed by atoms with Crippen molar-refractivity contribution >= 4 is 17.8 Å². The van der Waals surface area contributed by atoms with Gasteiger partial charge < -0.3 is 20.4 Å². The number of carbonyl (C=O) groups excluding carboxylic acids is 3. The molecule has 2 fully saturated rings. The van der Waals surface area contributed by atoms with Crippen molar-refractivity contribution in [1.82, 2.24) is 20.4 Å². The van der Waals surface area contributed by atoms with E-state index in [2.05, 4.69) is 24.5 Å². The number of piperazine rings is 1. The molecule has 33 heavy (non-hydrogen) atoms. The first kappa shape index (κ1) is 27.5. The second-order valence-electron chi connectivity index (χ2n) is 10.2. The summed E-state index contributed by atoms with van der Waals surface area (Å²) in [6.45, 7) is 9.83. The summed E-state index contributed by atoms with van der Waals surface area (Å²) < 4.78 is 0. The Morgan fingerprint density at radius 1 is 0.970 bits per heavy atom. The Morgan fingerprint density at radius 2 is 1.67 bits per heavy atom. The molecule has 3 unspecified atom stereocenters. The summed E-state index contributed by atoms with van der Waals surface area (Å²) in [6, 6.07) is -0.257. The second kappa shape index (κ2) is 14.5. The number of amides is 4. The third-order valence-corrected chi connectivity index (χ3v) is 7.44. The lowest BCUT2D eigenvalue weighted by molar-refractivity contribution is -0.140. The van der Waals surface area contributed by atoms with E-state index in [0.717, 1.165) is 38.5 Å². The Bertz CT molecular complexity index is 621. The Labute approximate surface area is 201 Å². The van der Waals surface area contributed by atoms with Crippen molar-refractivity contribution in [3.63, 3.8) is 0 Å². The van der Waals surface area contributed by atoms with E-state index in [1.807, 2.05) is 23.6 Å². The quantitative estimate of drug-likeness (QED) is 0.443. The molecule has 1 aliphatic carbocycles. The SMILES string of the molecule is CCCCCCCC(=O)NC(C(=O)N1CCN(C(=O)NC2CCCCC2)C(C)C1)C(C)CC. The normalized spacial score (nSPS) is 21.4. The highest BCUT2D eigenvalue weighted by Crippen LogP contribution is 2.19. The first-order chi connectivity index (χ1) is 15.9. The van der Waals surface area contributed by atoms with E-state index in [1.54, 1.807) is 0 Å². The molecule has 7 nitrogen and oxygen atoms in total. The summed E-state index contributed by atoms with van der Waals surface area (Å²) >= 11 is 0. The molecular weight excluding hydrogens is 416 g/mol. The van der Waals surface area contributed by atoms with Crippen LogP contribution in [-0.2, 0) is 9.59 Å². The van der Waals surface area contributed by atoms with Crippen molar-refractivity contribution in [3.8, 4) is 0 Å². The highest BCUT2D eigenvalue weighted by Gasteiger charge is 2.35. The van der Waals surface area contributed by atoms with Crippen molar-refractivity contribution in [3.05, 3.63) is 0 Å². The van der Waals surface area contributed by atoms with Gasteiger partial charge in [-0.2, -0.15) is 0 Å². The van der Waals surface area contributed by atoms with Gasteiger partial charge in [0.2, 0.25) is 11.8 Å². The largest absolute Gasteiger partial charge is 0.344 e. The predicted molar refractivity (Wildman–Crippen MR) is 133 cm³/mol. The number of urea groups is 1. The lowest BCUT2D eigenvalue weighted by Gasteiger charge is -2.42. The molecule has 7 heteroatoms. The number of hydrogen-bond acceptors (Lipinski definition) is 3. The van der Waals surface area contributed by atoms with Gasteiger partial charge in [-0.15, -0.1) is 0 Å². The van der Waals surface area contributed by atoms with Crippen LogP contribution in [0.2, 0.25) is 0 Å². The lowest BCUT2D eigenvalue weighted by atomic mass is 9.95. The molecule has 1 aliphatic heterocycles. The summed E-state index contributed by atoms with van der Waals surface area (Å²) in [6.07, 6.45) is 12.6. The van der Waals surface area contributed by atoms with Gasteiger partial charge in [0.1, 0.15) is 6.04 Å². The summed E-state index contributed by atoms with van der Waals surface area (Å²) in [4.78, 5) is 42.4. The molecule has 3 atom stereocenters. The summed E-state index contributed by atoms with van der Waals surface area (Å²) in [5.41, 5.74) is 0. The minimum absolute atomic E-state index is 0.00338. The predicted octanol–water partition coefficient (Wildman–Crippen LogP) is 4.45. The van der Waals surface area contributed by atoms with Gasteiger partial charge in [-0.05, 0) is 32.1 Å². The number of unbranched alkanes of at least 4 members (excludes halogenated alkanes) is 4. The van der Waals surface area contributed by atoms with Crippen molar-refractivity contribution in [1.29, 1.82) is 0 Å². The number of nitrogens with zero attached hydrogens (tertiary/aromatic N) is 2. The van der Waals surface area contributed by atoms with Gasteiger partial charge in [0.15, 0.2) is 0 Å². The van der Waals surface area contributed by atoms with Crippen molar-refractivity contribution in [2.75, 3.05) is 19.6 Å². The van der Waals surface area contributed by atoms with Crippen LogP contribution in [0.5, 0.6) is 0 Å². The Morgan fingerprint density at radius 3 is 2.30 bits per heavy atom. The maximum absolute atomic E-state index is 13.4. The third-order valence-electron chi connectivity index (χ3n) is 7.44. The fraction of sp³-hybridized carbons (Fsp3) is 0.885. The van der Waals surface area contributed by atoms with E-state index in [1.165, 1.54) is 32.1 Å². The van der Waals surface area contributed by atoms with E-state index in [-0.39, 0.29) is 35.8 Å². The average Bonchev–Trinajstić information content (AvgIpc) is 2.82. The molecule has 2 aliphatic rings. The summed E-state index contributed by atoms with van der Waals surface area (Å²) in [5, 5.41) is 6.23. The first-order valence-corrected chi connectivity index (χ1v) is 13.5. The smallest absolute Gasteiger partial charge is 0.317 e. The van der Waals surface area contributed by atoms with Crippen LogP contribution < -0.4 is 10.6 Å². The molecule has 0 radical (unpaired) electrons. The van der Waals surface area contributed by atoms with Crippen molar-refractivity contribution in [2.45, 2.75) is 123 Å². The minimum Gasteiger partial charge on any atom is -0.344 e. The van der Waals surface area contributed by atoms with Crippen LogP contribution in [0.4, 0.5) is 4.79 Å². The van der Waals surface area contributed by atoms with E-state index >= 15 is 0 Å². The molecule has 0 bridgehead atoms. The van der Waals surface area contributed by atoms with E-state index in [9.17, 15) is 14.4 Å². The van der Waals surface area contributed by atoms with Crippen LogP contribution in [0.25, 0.3) is 0 Å². The zero-order chi connectivity index (χ0) is 24.2. The molecule has 0 spiro atoms. The molecular formula is C26H48N4O3. The molecule has 4 amide bonds. The standard InChI is InChI=1S/C26H48N4O3/c1-5-7-8-9-13-16-23(31)28-24(20(3)6-2)25(32)29-17-18-30(21(4)19-29)26(33)27-22-14-11-10-12-15-22/h20-22,24H,5-19H2,1-4H3,(H,27,33)(H,28,31). The van der Waals surface area contributed by atoms with E-state index in [4.69, 9.17) is 0 Å². The molecule has 190 valence electrons. The lowest BCUT2D eigenvalue weighted by Crippen LogP contribution is -2.61.